The van der Waals surface area contributed by atoms with E-state index in [-0.39, 0.29) is 10.8 Å². The van der Waals surface area contributed by atoms with Crippen LogP contribution in [0.1, 0.15) is 69.9 Å². The number of pyridine rings is 2. The monoisotopic (exact) mass is 551 g/mol. The number of nitrogens with zero attached hydrogens (tertiary/aromatic N) is 6. The number of fused-ring (bicyclic) bond motifs is 5. The Morgan fingerprint density at radius 3 is 2.14 bits per heavy atom. The van der Waals surface area contributed by atoms with Crippen LogP contribution in [0, 0.1) is 25.2 Å². The second-order valence-corrected chi connectivity index (χ2v) is 13.8. The molecule has 0 unspecified atom stereocenters. The molecular weight excluding hydrogens is 516 g/mol. The molecule has 7 aromatic rings. The summed E-state index contributed by atoms with van der Waals surface area (Å²) in [5, 5.41) is 15.8. The molecule has 0 saturated carbocycles. The fourth-order valence-electron chi connectivity index (χ4n) is 6.35. The van der Waals surface area contributed by atoms with E-state index in [9.17, 15) is 5.26 Å². The van der Waals surface area contributed by atoms with Gasteiger partial charge in [0.15, 0.2) is 12.0 Å². The van der Waals surface area contributed by atoms with Crippen molar-refractivity contribution in [2.24, 2.45) is 7.05 Å². The second kappa shape index (κ2) is 8.45. The first-order valence-corrected chi connectivity index (χ1v) is 14.5. The predicted octanol–water partition coefficient (Wildman–Crippen LogP) is 7.75. The van der Waals surface area contributed by atoms with Gasteiger partial charge in [0.25, 0.3) is 0 Å². The zero-order valence-electron chi connectivity index (χ0n) is 25.8. The first-order valence-electron chi connectivity index (χ1n) is 14.5. The third-order valence-electron chi connectivity index (χ3n) is 8.64. The zero-order chi connectivity index (χ0) is 29.9. The minimum atomic E-state index is -0.228. The summed E-state index contributed by atoms with van der Waals surface area (Å²) in [5.41, 5.74) is 8.11. The standard InChI is InChI=1S/C36H35N6/c1-19-15-24-28-22(18-37)11-10-12-25(28)42-26-17-23(32-38-33(35(3,4)5)40-34(39-32)36(6,7)8)16-21-13-14-41(9)31(29(21)26)27(20(19)2)30(24)42/h10-17H,1-9H3/q+1. The number of hydrogen-bond donors (Lipinski definition) is 0. The topological polar surface area (TPSA) is 70.8 Å². The van der Waals surface area contributed by atoms with Crippen LogP contribution in [-0.2, 0) is 17.9 Å². The molecule has 0 radical (unpaired) electrons. The molecular formula is C36H35N6+. The van der Waals surface area contributed by atoms with Gasteiger partial charge in [-0.15, -0.1) is 0 Å². The third kappa shape index (κ3) is 3.56. The Morgan fingerprint density at radius 2 is 1.50 bits per heavy atom. The quantitative estimate of drug-likeness (QED) is 0.119. The largest absolute Gasteiger partial charge is 0.307 e. The first kappa shape index (κ1) is 26.3. The van der Waals surface area contributed by atoms with Gasteiger partial charge in [0, 0.05) is 33.2 Å². The molecule has 0 saturated heterocycles. The van der Waals surface area contributed by atoms with Gasteiger partial charge in [-0.3, -0.25) is 0 Å². The van der Waals surface area contributed by atoms with Crippen LogP contribution in [0.4, 0.5) is 0 Å². The molecule has 0 bridgehead atoms. The maximum absolute atomic E-state index is 10.1. The van der Waals surface area contributed by atoms with E-state index >= 15 is 0 Å². The second-order valence-electron chi connectivity index (χ2n) is 13.8. The minimum Gasteiger partial charge on any atom is -0.307 e. The number of aryl methyl sites for hydroxylation is 3. The molecule has 0 N–H and O–H groups in total. The SMILES string of the molecule is Cc1cc2c3c(C#N)cccc3n3c4cc(-c5nc(C(C)(C)C)nc(C(C)(C)C)n5)cc5cc[n+](C)c(c(c1C)c23)c54. The van der Waals surface area contributed by atoms with Crippen LogP contribution < -0.4 is 4.57 Å². The predicted molar refractivity (Wildman–Crippen MR) is 170 cm³/mol. The summed E-state index contributed by atoms with van der Waals surface area (Å²) in [5.74, 6) is 2.26. The first-order chi connectivity index (χ1) is 19.8. The number of hydrogen-bond acceptors (Lipinski definition) is 4. The smallest absolute Gasteiger partial charge is 0.224 e. The summed E-state index contributed by atoms with van der Waals surface area (Å²) in [7, 11) is 2.12. The lowest BCUT2D eigenvalue weighted by Gasteiger charge is -2.23. The Labute approximate surface area is 245 Å². The lowest BCUT2D eigenvalue weighted by molar-refractivity contribution is -0.643. The highest BCUT2D eigenvalue weighted by atomic mass is 15.1. The van der Waals surface area contributed by atoms with E-state index in [0.717, 1.165) is 49.9 Å². The van der Waals surface area contributed by atoms with Crippen molar-refractivity contribution in [1.29, 1.82) is 5.26 Å². The fourth-order valence-corrected chi connectivity index (χ4v) is 6.35. The molecule has 42 heavy (non-hydrogen) atoms. The molecule has 0 aliphatic rings. The number of nitriles is 1. The van der Waals surface area contributed by atoms with Crippen molar-refractivity contribution in [1.82, 2.24) is 19.4 Å². The van der Waals surface area contributed by atoms with Crippen LogP contribution >= 0.6 is 0 Å². The van der Waals surface area contributed by atoms with Gasteiger partial charge in [0.1, 0.15) is 18.7 Å². The molecule has 3 aromatic carbocycles. The normalized spacial score (nSPS) is 12.9. The molecule has 0 atom stereocenters. The lowest BCUT2D eigenvalue weighted by atomic mass is 9.92. The Hall–Kier alpha value is -4.63. The van der Waals surface area contributed by atoms with Crippen LogP contribution in [0.5, 0.6) is 0 Å². The van der Waals surface area contributed by atoms with Crippen molar-refractivity contribution in [2.45, 2.75) is 66.2 Å². The van der Waals surface area contributed by atoms with Crippen molar-refractivity contribution in [3.8, 4) is 17.5 Å². The molecule has 4 aromatic heterocycles. The molecule has 6 heteroatoms. The summed E-state index contributed by atoms with van der Waals surface area (Å²) in [6.45, 7) is 17.2. The van der Waals surface area contributed by atoms with Gasteiger partial charge in [-0.25, -0.2) is 19.5 Å². The molecule has 0 fully saturated rings. The minimum absolute atomic E-state index is 0.228. The van der Waals surface area contributed by atoms with E-state index in [2.05, 4.69) is 114 Å². The van der Waals surface area contributed by atoms with Crippen LogP contribution in [0.2, 0.25) is 0 Å². The molecule has 0 spiro atoms. The molecule has 208 valence electrons. The highest BCUT2D eigenvalue weighted by Crippen LogP contribution is 2.43. The van der Waals surface area contributed by atoms with Gasteiger partial charge in [0.05, 0.1) is 39.0 Å². The summed E-state index contributed by atoms with van der Waals surface area (Å²) < 4.78 is 4.60. The maximum Gasteiger partial charge on any atom is 0.224 e. The highest BCUT2D eigenvalue weighted by Gasteiger charge is 2.28. The van der Waals surface area contributed by atoms with E-state index in [4.69, 9.17) is 15.0 Å². The van der Waals surface area contributed by atoms with Gasteiger partial charge >= 0.3 is 0 Å². The van der Waals surface area contributed by atoms with Gasteiger partial charge in [-0.05, 0) is 60.7 Å². The van der Waals surface area contributed by atoms with Gasteiger partial charge < -0.3 is 4.40 Å². The highest BCUT2D eigenvalue weighted by molar-refractivity contribution is 6.27. The number of benzene rings is 3. The van der Waals surface area contributed by atoms with Crippen LogP contribution in [0.25, 0.3) is 60.4 Å². The Kier molecular flexibility index (Phi) is 5.29. The molecule has 0 aliphatic heterocycles. The van der Waals surface area contributed by atoms with Crippen molar-refractivity contribution in [3.05, 3.63) is 77.0 Å². The molecule has 6 nitrogen and oxygen atoms in total. The molecule has 0 amide bonds. The van der Waals surface area contributed by atoms with Crippen molar-refractivity contribution < 1.29 is 4.57 Å². The lowest BCUT2D eigenvalue weighted by Crippen LogP contribution is -2.29. The van der Waals surface area contributed by atoms with E-state index in [1.165, 1.54) is 27.4 Å². The molecule has 4 heterocycles. The Morgan fingerprint density at radius 1 is 0.810 bits per heavy atom. The van der Waals surface area contributed by atoms with Crippen LogP contribution in [0.3, 0.4) is 0 Å². The van der Waals surface area contributed by atoms with E-state index in [1.807, 2.05) is 12.1 Å². The number of aromatic nitrogens is 5. The van der Waals surface area contributed by atoms with Crippen molar-refractivity contribution in [2.75, 3.05) is 0 Å². The van der Waals surface area contributed by atoms with Gasteiger partial charge in [0.2, 0.25) is 5.52 Å². The van der Waals surface area contributed by atoms with E-state index < -0.39 is 0 Å². The number of rotatable bonds is 1. The van der Waals surface area contributed by atoms with E-state index in [1.54, 1.807) is 0 Å². The van der Waals surface area contributed by atoms with Crippen LogP contribution in [-0.4, -0.2) is 19.4 Å². The molecule has 0 aliphatic carbocycles. The van der Waals surface area contributed by atoms with Gasteiger partial charge in [-0.1, -0.05) is 47.6 Å². The summed E-state index contributed by atoms with van der Waals surface area (Å²) in [4.78, 5) is 15.0. The Balaban J connectivity index is 1.74. The summed E-state index contributed by atoms with van der Waals surface area (Å²) in [6, 6.07) is 17.4. The summed E-state index contributed by atoms with van der Waals surface area (Å²) >= 11 is 0. The average molecular weight is 552 g/mol. The zero-order valence-corrected chi connectivity index (χ0v) is 25.8. The van der Waals surface area contributed by atoms with Crippen molar-refractivity contribution >= 4 is 49.0 Å². The van der Waals surface area contributed by atoms with Gasteiger partial charge in [-0.2, -0.15) is 5.26 Å². The summed E-state index contributed by atoms with van der Waals surface area (Å²) in [6.07, 6.45) is 2.15. The average Bonchev–Trinajstić information content (AvgIpc) is 3.27. The molecule has 7 rings (SSSR count). The van der Waals surface area contributed by atoms with E-state index in [0.29, 0.717) is 11.4 Å². The van der Waals surface area contributed by atoms with Crippen LogP contribution in [0.15, 0.2) is 48.7 Å². The fraction of sp³-hybridized carbons (Fsp3) is 0.306. The Bertz CT molecular complexity index is 2270. The maximum atomic E-state index is 10.1. The van der Waals surface area contributed by atoms with Crippen molar-refractivity contribution in [3.63, 3.8) is 0 Å². The third-order valence-corrected chi connectivity index (χ3v) is 8.64.